The van der Waals surface area contributed by atoms with Gasteiger partial charge in [0.1, 0.15) is 11.5 Å². The number of hydrogen-bond acceptors (Lipinski definition) is 4. The van der Waals surface area contributed by atoms with Crippen molar-refractivity contribution in [3.05, 3.63) is 58.1 Å². The van der Waals surface area contributed by atoms with Gasteiger partial charge in [0.2, 0.25) is 0 Å². The molecule has 0 saturated heterocycles. The van der Waals surface area contributed by atoms with E-state index in [2.05, 4.69) is 26.5 Å². The molecule has 5 nitrogen and oxygen atoms in total. The van der Waals surface area contributed by atoms with E-state index in [0.29, 0.717) is 22.8 Å². The smallest absolute Gasteiger partial charge is 0.271 e. The van der Waals surface area contributed by atoms with Crippen molar-refractivity contribution in [3.8, 4) is 11.5 Å². The first-order valence-corrected chi connectivity index (χ1v) is 7.67. The van der Waals surface area contributed by atoms with Gasteiger partial charge in [-0.2, -0.15) is 5.10 Å². The summed E-state index contributed by atoms with van der Waals surface area (Å²) >= 11 is 3.33. The van der Waals surface area contributed by atoms with Crippen molar-refractivity contribution < 1.29 is 14.3 Å². The second kappa shape index (κ2) is 7.78. The number of halogens is 1. The molecule has 0 aliphatic heterocycles. The number of carbonyl (C=O) groups excluding carboxylic acids is 1. The van der Waals surface area contributed by atoms with Gasteiger partial charge < -0.3 is 9.47 Å². The molecule has 0 heterocycles. The molecule has 0 aliphatic rings. The van der Waals surface area contributed by atoms with E-state index in [0.717, 1.165) is 10.0 Å². The molecule has 0 aliphatic carbocycles. The summed E-state index contributed by atoms with van der Waals surface area (Å²) in [6.07, 6.45) is 0. The van der Waals surface area contributed by atoms with Crippen molar-refractivity contribution in [3.63, 3.8) is 0 Å². The van der Waals surface area contributed by atoms with Crippen LogP contribution in [0.25, 0.3) is 0 Å². The molecule has 120 valence electrons. The number of carbonyl (C=O) groups is 1. The second-order valence-electron chi connectivity index (χ2n) is 4.71. The Morgan fingerprint density at radius 1 is 1.09 bits per heavy atom. The normalized spacial score (nSPS) is 11.0. The second-order valence-corrected chi connectivity index (χ2v) is 5.63. The predicted octanol–water partition coefficient (Wildman–Crippen LogP) is 3.62. The lowest BCUT2D eigenvalue weighted by atomic mass is 10.1. The van der Waals surface area contributed by atoms with E-state index in [-0.39, 0.29) is 5.91 Å². The maximum atomic E-state index is 12.1. The van der Waals surface area contributed by atoms with Crippen LogP contribution in [0.4, 0.5) is 0 Å². The van der Waals surface area contributed by atoms with E-state index >= 15 is 0 Å². The highest BCUT2D eigenvalue weighted by Gasteiger charge is 2.09. The summed E-state index contributed by atoms with van der Waals surface area (Å²) in [5.74, 6) is 1.05. The maximum absolute atomic E-state index is 12.1. The van der Waals surface area contributed by atoms with Gasteiger partial charge in [-0.1, -0.05) is 15.9 Å². The van der Waals surface area contributed by atoms with Gasteiger partial charge in [-0.05, 0) is 43.3 Å². The van der Waals surface area contributed by atoms with Gasteiger partial charge in [0.05, 0.1) is 19.9 Å². The third kappa shape index (κ3) is 4.32. The maximum Gasteiger partial charge on any atom is 0.271 e. The molecule has 1 N–H and O–H groups in total. The van der Waals surface area contributed by atoms with Gasteiger partial charge in [0, 0.05) is 21.7 Å². The number of nitrogens with one attached hydrogen (secondary N) is 1. The van der Waals surface area contributed by atoms with Crippen molar-refractivity contribution in [1.82, 2.24) is 5.43 Å². The largest absolute Gasteiger partial charge is 0.497 e. The summed E-state index contributed by atoms with van der Waals surface area (Å²) in [4.78, 5) is 12.1. The van der Waals surface area contributed by atoms with Crippen LogP contribution in [0, 0.1) is 0 Å². The number of hydrogen-bond donors (Lipinski definition) is 1. The fourth-order valence-electron chi connectivity index (χ4n) is 1.96. The van der Waals surface area contributed by atoms with Crippen molar-refractivity contribution in [2.45, 2.75) is 6.92 Å². The Labute approximate surface area is 143 Å². The first-order chi connectivity index (χ1) is 11.0. The molecular formula is C17H17BrN2O3. The van der Waals surface area contributed by atoms with Crippen LogP contribution in [-0.2, 0) is 0 Å². The minimum absolute atomic E-state index is 0.274. The molecule has 0 radical (unpaired) electrons. The minimum atomic E-state index is -0.274. The predicted molar refractivity (Wildman–Crippen MR) is 93.4 cm³/mol. The quantitative estimate of drug-likeness (QED) is 0.640. The van der Waals surface area contributed by atoms with E-state index < -0.39 is 0 Å². The van der Waals surface area contributed by atoms with Gasteiger partial charge >= 0.3 is 0 Å². The average Bonchev–Trinajstić information content (AvgIpc) is 2.59. The molecule has 23 heavy (non-hydrogen) atoms. The fourth-order valence-corrected chi connectivity index (χ4v) is 2.22. The van der Waals surface area contributed by atoms with Crippen molar-refractivity contribution in [2.24, 2.45) is 5.10 Å². The minimum Gasteiger partial charge on any atom is -0.497 e. The highest BCUT2D eigenvalue weighted by molar-refractivity contribution is 9.10. The molecular weight excluding hydrogens is 360 g/mol. The Morgan fingerprint density at radius 2 is 1.78 bits per heavy atom. The van der Waals surface area contributed by atoms with Crippen LogP contribution in [-0.4, -0.2) is 25.8 Å². The SMILES string of the molecule is COc1ccc(C(C)=NNC(=O)c2ccc(Br)cc2)c(OC)c1. The summed E-state index contributed by atoms with van der Waals surface area (Å²) in [6.45, 7) is 1.80. The van der Waals surface area contributed by atoms with Crippen LogP contribution in [0.1, 0.15) is 22.8 Å². The summed E-state index contributed by atoms with van der Waals surface area (Å²) < 4.78 is 11.4. The van der Waals surface area contributed by atoms with Crippen LogP contribution >= 0.6 is 15.9 Å². The molecule has 0 bridgehead atoms. The highest BCUT2D eigenvalue weighted by atomic mass is 79.9. The van der Waals surface area contributed by atoms with Crippen LogP contribution < -0.4 is 14.9 Å². The van der Waals surface area contributed by atoms with Crippen molar-refractivity contribution >= 4 is 27.5 Å². The molecule has 0 spiro atoms. The molecule has 2 aromatic carbocycles. The number of benzene rings is 2. The van der Waals surface area contributed by atoms with Gasteiger partial charge in [-0.15, -0.1) is 0 Å². The number of rotatable bonds is 5. The van der Waals surface area contributed by atoms with Crippen LogP contribution in [0.15, 0.2) is 52.0 Å². The summed E-state index contributed by atoms with van der Waals surface area (Å²) in [6, 6.07) is 12.5. The van der Waals surface area contributed by atoms with Gasteiger partial charge in [-0.25, -0.2) is 5.43 Å². The monoisotopic (exact) mass is 376 g/mol. The third-order valence-corrected chi connectivity index (χ3v) is 3.76. The van der Waals surface area contributed by atoms with Crippen LogP contribution in [0.3, 0.4) is 0 Å². The Bertz CT molecular complexity index is 727. The number of nitrogens with zero attached hydrogens (tertiary/aromatic N) is 1. The Balaban J connectivity index is 2.16. The first-order valence-electron chi connectivity index (χ1n) is 6.87. The Hall–Kier alpha value is -2.34. The van der Waals surface area contributed by atoms with Gasteiger partial charge in [0.25, 0.3) is 5.91 Å². The number of ether oxygens (including phenoxy) is 2. The zero-order valence-corrected chi connectivity index (χ0v) is 14.7. The van der Waals surface area contributed by atoms with Crippen LogP contribution in [0.2, 0.25) is 0 Å². The molecule has 6 heteroatoms. The Morgan fingerprint density at radius 3 is 2.39 bits per heavy atom. The standard InChI is InChI=1S/C17H17BrN2O3/c1-11(15-9-8-14(22-2)10-16(15)23-3)19-20-17(21)12-4-6-13(18)7-5-12/h4-10H,1-3H3,(H,20,21). The van der Waals surface area contributed by atoms with Crippen molar-refractivity contribution in [1.29, 1.82) is 0 Å². The highest BCUT2D eigenvalue weighted by Crippen LogP contribution is 2.25. The molecule has 1 amide bonds. The number of amides is 1. The fraction of sp³-hybridized carbons (Fsp3) is 0.176. The topological polar surface area (TPSA) is 59.9 Å². The average molecular weight is 377 g/mol. The van der Waals surface area contributed by atoms with E-state index in [9.17, 15) is 4.79 Å². The lowest BCUT2D eigenvalue weighted by molar-refractivity contribution is 0.0955. The zero-order valence-electron chi connectivity index (χ0n) is 13.1. The molecule has 0 atom stereocenters. The van der Waals surface area contributed by atoms with Crippen molar-refractivity contribution in [2.75, 3.05) is 14.2 Å². The summed E-state index contributed by atoms with van der Waals surface area (Å²) in [7, 11) is 3.17. The number of methoxy groups -OCH3 is 2. The molecule has 2 aromatic rings. The molecule has 0 unspecified atom stereocenters. The van der Waals surface area contributed by atoms with E-state index in [1.807, 2.05) is 12.1 Å². The lowest BCUT2D eigenvalue weighted by Crippen LogP contribution is -2.19. The van der Waals surface area contributed by atoms with E-state index in [4.69, 9.17) is 9.47 Å². The number of hydrazone groups is 1. The zero-order chi connectivity index (χ0) is 16.8. The molecule has 2 rings (SSSR count). The van der Waals surface area contributed by atoms with Gasteiger partial charge in [0.15, 0.2) is 0 Å². The molecule has 0 fully saturated rings. The molecule has 0 aromatic heterocycles. The Kier molecular flexibility index (Phi) is 5.76. The first kappa shape index (κ1) is 17.0. The lowest BCUT2D eigenvalue weighted by Gasteiger charge is -2.10. The van der Waals surface area contributed by atoms with Gasteiger partial charge in [-0.3, -0.25) is 4.79 Å². The summed E-state index contributed by atoms with van der Waals surface area (Å²) in [5, 5.41) is 4.14. The van der Waals surface area contributed by atoms with E-state index in [1.54, 1.807) is 51.5 Å². The molecule has 0 saturated carbocycles. The summed E-state index contributed by atoms with van der Waals surface area (Å²) in [5.41, 5.74) is 4.49. The van der Waals surface area contributed by atoms with Crippen LogP contribution in [0.5, 0.6) is 11.5 Å². The van der Waals surface area contributed by atoms with E-state index in [1.165, 1.54) is 0 Å². The third-order valence-electron chi connectivity index (χ3n) is 3.23.